The van der Waals surface area contributed by atoms with Crippen molar-refractivity contribution in [3.63, 3.8) is 0 Å². The lowest BCUT2D eigenvalue weighted by molar-refractivity contribution is -0.330. The zero-order valence-electron chi connectivity index (χ0n) is 11.8. The van der Waals surface area contributed by atoms with Crippen molar-refractivity contribution in [1.29, 1.82) is 0 Å². The van der Waals surface area contributed by atoms with E-state index in [1.165, 1.54) is 4.57 Å². The molecule has 2 saturated heterocycles. The number of nitrogens with zero attached hydrogens (tertiary/aromatic N) is 1. The van der Waals surface area contributed by atoms with Gasteiger partial charge in [0.05, 0.1) is 11.2 Å². The molecular weight excluding hydrogens is 260 g/mol. The lowest BCUT2D eigenvalue weighted by atomic mass is 9.53. The quantitative estimate of drug-likeness (QED) is 0.864. The summed E-state index contributed by atoms with van der Waals surface area (Å²) in [6.45, 7) is 5.90. The standard InChI is InChI=1S/C14H18N2O4/c1-4-14-6-13(3)9(14)8(19-13)11(20-14)16-5-7(2)10(17)15-12(16)18/h5,8-9,11H,4,6H2,1-3H3,(H,15,17,18)/t8?,9?,11-,13?,14+/m1/s1. The highest BCUT2D eigenvalue weighted by molar-refractivity contribution is 5.25. The van der Waals surface area contributed by atoms with Gasteiger partial charge >= 0.3 is 5.69 Å². The van der Waals surface area contributed by atoms with Crippen LogP contribution < -0.4 is 11.2 Å². The molecule has 1 saturated carbocycles. The molecule has 5 atom stereocenters. The van der Waals surface area contributed by atoms with Crippen LogP contribution in [0.4, 0.5) is 0 Å². The molecule has 3 unspecified atom stereocenters. The molecule has 6 heteroatoms. The first-order valence-electron chi connectivity index (χ1n) is 7.08. The molecular formula is C14H18N2O4. The second kappa shape index (κ2) is 3.43. The average molecular weight is 278 g/mol. The highest BCUT2D eigenvalue weighted by Crippen LogP contribution is 2.69. The SMILES string of the molecule is CC[C@]12CC3(C)OC(C31)[C@H](n1cc(C)c(=O)[nH]c1=O)O2. The fourth-order valence-electron chi connectivity index (χ4n) is 4.37. The van der Waals surface area contributed by atoms with Gasteiger partial charge in [-0.1, -0.05) is 6.92 Å². The van der Waals surface area contributed by atoms with Gasteiger partial charge in [-0.15, -0.1) is 0 Å². The van der Waals surface area contributed by atoms with Crippen LogP contribution in [-0.4, -0.2) is 26.9 Å². The molecule has 0 spiro atoms. The summed E-state index contributed by atoms with van der Waals surface area (Å²) in [6, 6.07) is 0. The predicted molar refractivity (Wildman–Crippen MR) is 70.6 cm³/mol. The predicted octanol–water partition coefficient (Wildman–Crippen LogP) is 0.700. The second-order valence-electron chi connectivity index (χ2n) is 6.45. The van der Waals surface area contributed by atoms with E-state index in [4.69, 9.17) is 9.47 Å². The van der Waals surface area contributed by atoms with E-state index in [0.29, 0.717) is 11.5 Å². The van der Waals surface area contributed by atoms with Crippen molar-refractivity contribution in [2.75, 3.05) is 0 Å². The smallest absolute Gasteiger partial charge is 0.330 e. The van der Waals surface area contributed by atoms with Crippen LogP contribution in [0.2, 0.25) is 0 Å². The van der Waals surface area contributed by atoms with Crippen LogP contribution in [0.3, 0.4) is 0 Å². The Bertz CT molecular complexity index is 708. The van der Waals surface area contributed by atoms with Crippen LogP contribution in [0.25, 0.3) is 0 Å². The van der Waals surface area contributed by atoms with E-state index in [-0.39, 0.29) is 22.9 Å². The molecule has 1 N–H and O–H groups in total. The van der Waals surface area contributed by atoms with Crippen LogP contribution >= 0.6 is 0 Å². The van der Waals surface area contributed by atoms with E-state index in [2.05, 4.69) is 18.8 Å². The molecule has 1 aliphatic carbocycles. The number of nitrogens with one attached hydrogen (secondary N) is 1. The molecule has 6 nitrogen and oxygen atoms in total. The van der Waals surface area contributed by atoms with Crippen LogP contribution in [0, 0.1) is 12.8 Å². The molecule has 1 aromatic rings. The first-order chi connectivity index (χ1) is 9.40. The summed E-state index contributed by atoms with van der Waals surface area (Å²) in [7, 11) is 0. The number of ether oxygens (including phenoxy) is 2. The normalized spacial score (nSPS) is 44.6. The van der Waals surface area contributed by atoms with Gasteiger partial charge in [0.25, 0.3) is 5.56 Å². The van der Waals surface area contributed by atoms with Crippen LogP contribution in [0.5, 0.6) is 0 Å². The summed E-state index contributed by atoms with van der Waals surface area (Å²) in [4.78, 5) is 25.8. The zero-order chi connectivity index (χ0) is 14.3. The number of hydrogen-bond acceptors (Lipinski definition) is 4. The van der Waals surface area contributed by atoms with E-state index < -0.39 is 11.9 Å². The van der Waals surface area contributed by atoms with Crippen molar-refractivity contribution < 1.29 is 9.47 Å². The molecule has 20 heavy (non-hydrogen) atoms. The summed E-state index contributed by atoms with van der Waals surface area (Å²) < 4.78 is 13.6. The molecule has 3 fully saturated rings. The van der Waals surface area contributed by atoms with Gasteiger partial charge in [0, 0.05) is 24.1 Å². The first kappa shape index (κ1) is 12.3. The van der Waals surface area contributed by atoms with Gasteiger partial charge in [-0.05, 0) is 20.3 Å². The van der Waals surface area contributed by atoms with Gasteiger partial charge in [0.2, 0.25) is 0 Å². The molecule has 0 aromatic carbocycles. The van der Waals surface area contributed by atoms with Crippen LogP contribution in [0.15, 0.2) is 15.8 Å². The Hall–Kier alpha value is -1.40. The highest BCUT2D eigenvalue weighted by atomic mass is 16.6. The summed E-state index contributed by atoms with van der Waals surface area (Å²) in [5.41, 5.74) is -0.533. The Balaban J connectivity index is 1.77. The Morgan fingerprint density at radius 1 is 1.45 bits per heavy atom. The number of aromatic nitrogens is 2. The largest absolute Gasteiger partial charge is 0.366 e. The Morgan fingerprint density at radius 3 is 2.80 bits per heavy atom. The third-order valence-corrected chi connectivity index (χ3v) is 5.26. The van der Waals surface area contributed by atoms with Crippen LogP contribution in [-0.2, 0) is 9.47 Å². The zero-order valence-corrected chi connectivity index (χ0v) is 11.8. The number of aromatic amines is 1. The Labute approximate surface area is 115 Å². The Kier molecular flexibility index (Phi) is 2.12. The highest BCUT2D eigenvalue weighted by Gasteiger charge is 2.78. The summed E-state index contributed by atoms with van der Waals surface area (Å²) in [5.74, 6) is 0.351. The van der Waals surface area contributed by atoms with Crippen LogP contribution in [0.1, 0.15) is 38.5 Å². The van der Waals surface area contributed by atoms with E-state index in [1.54, 1.807) is 13.1 Å². The average Bonchev–Trinajstić information content (AvgIpc) is 2.49. The summed E-state index contributed by atoms with van der Waals surface area (Å²) in [5, 5.41) is 0. The lowest BCUT2D eigenvalue weighted by Gasteiger charge is -2.65. The van der Waals surface area contributed by atoms with Gasteiger partial charge in [0.15, 0.2) is 6.23 Å². The number of H-pyrrole nitrogens is 1. The van der Waals surface area contributed by atoms with Crippen molar-refractivity contribution in [3.05, 3.63) is 32.6 Å². The molecule has 4 rings (SSSR count). The minimum absolute atomic E-state index is 0.0864. The maximum absolute atomic E-state index is 12.0. The number of rotatable bonds is 2. The molecule has 0 amide bonds. The van der Waals surface area contributed by atoms with Crippen molar-refractivity contribution in [2.45, 2.75) is 57.1 Å². The minimum Gasteiger partial charge on any atom is -0.366 e. The maximum Gasteiger partial charge on any atom is 0.330 e. The molecule has 1 aromatic heterocycles. The third-order valence-electron chi connectivity index (χ3n) is 5.26. The van der Waals surface area contributed by atoms with Gasteiger partial charge in [0.1, 0.15) is 6.10 Å². The molecule has 2 aliphatic heterocycles. The van der Waals surface area contributed by atoms with Crippen molar-refractivity contribution in [3.8, 4) is 0 Å². The van der Waals surface area contributed by atoms with Crippen molar-refractivity contribution in [2.24, 2.45) is 5.92 Å². The molecule has 108 valence electrons. The van der Waals surface area contributed by atoms with E-state index in [1.807, 2.05) is 0 Å². The molecule has 3 aliphatic rings. The van der Waals surface area contributed by atoms with Gasteiger partial charge in [-0.3, -0.25) is 14.3 Å². The van der Waals surface area contributed by atoms with Gasteiger partial charge in [-0.25, -0.2) is 4.79 Å². The number of aryl methyl sites for hydroxylation is 1. The fourth-order valence-corrected chi connectivity index (χ4v) is 4.37. The van der Waals surface area contributed by atoms with Gasteiger partial charge in [-0.2, -0.15) is 0 Å². The van der Waals surface area contributed by atoms with E-state index >= 15 is 0 Å². The third kappa shape index (κ3) is 1.22. The summed E-state index contributed by atoms with van der Waals surface area (Å²) in [6.07, 6.45) is 2.85. The van der Waals surface area contributed by atoms with Gasteiger partial charge < -0.3 is 9.47 Å². The monoisotopic (exact) mass is 278 g/mol. The molecule has 0 radical (unpaired) electrons. The summed E-state index contributed by atoms with van der Waals surface area (Å²) >= 11 is 0. The molecule has 3 heterocycles. The Morgan fingerprint density at radius 2 is 2.20 bits per heavy atom. The number of hydrogen-bond donors (Lipinski definition) is 1. The minimum atomic E-state index is -0.435. The van der Waals surface area contributed by atoms with Crippen molar-refractivity contribution >= 4 is 0 Å². The topological polar surface area (TPSA) is 73.3 Å². The van der Waals surface area contributed by atoms with E-state index in [9.17, 15) is 9.59 Å². The fraction of sp³-hybridized carbons (Fsp3) is 0.714. The maximum atomic E-state index is 12.0. The van der Waals surface area contributed by atoms with E-state index in [0.717, 1.165) is 12.8 Å². The second-order valence-corrected chi connectivity index (χ2v) is 6.45. The lowest BCUT2D eigenvalue weighted by Crippen LogP contribution is -2.74. The first-order valence-corrected chi connectivity index (χ1v) is 7.08. The molecule has 0 bridgehead atoms. The van der Waals surface area contributed by atoms with Crippen molar-refractivity contribution in [1.82, 2.24) is 9.55 Å².